The summed E-state index contributed by atoms with van der Waals surface area (Å²) < 4.78 is 5.09. The molecule has 0 aliphatic carbocycles. The van der Waals surface area contributed by atoms with E-state index in [0.717, 1.165) is 0 Å². The highest BCUT2D eigenvalue weighted by molar-refractivity contribution is 5.90. The first kappa shape index (κ1) is 13.9. The first-order chi connectivity index (χ1) is 7.87. The molecular weight excluding hydrogens is 228 g/mol. The fourth-order valence-electron chi connectivity index (χ4n) is 1.64. The predicted molar refractivity (Wildman–Crippen MR) is 58.2 cm³/mol. The number of nitrogens with one attached hydrogen (secondary N) is 1. The number of aliphatic hydroxyl groups is 1. The van der Waals surface area contributed by atoms with Gasteiger partial charge in [0.25, 0.3) is 0 Å². The van der Waals surface area contributed by atoms with Gasteiger partial charge in [-0.2, -0.15) is 0 Å². The maximum absolute atomic E-state index is 11.9. The highest BCUT2D eigenvalue weighted by Crippen LogP contribution is 2.18. The molecule has 1 rings (SSSR count). The SMILES string of the molecule is CC(O)C(NC(=O)C1(N)CCOCC1)C(=O)O. The van der Waals surface area contributed by atoms with Crippen LogP contribution >= 0.6 is 0 Å². The van der Waals surface area contributed by atoms with Crippen molar-refractivity contribution in [3.8, 4) is 0 Å². The Morgan fingerprint density at radius 2 is 1.94 bits per heavy atom. The lowest BCUT2D eigenvalue weighted by atomic mass is 9.90. The summed E-state index contributed by atoms with van der Waals surface area (Å²) in [5, 5.41) is 20.3. The lowest BCUT2D eigenvalue weighted by Crippen LogP contribution is -2.61. The van der Waals surface area contributed by atoms with Gasteiger partial charge in [-0.15, -0.1) is 0 Å². The monoisotopic (exact) mass is 246 g/mol. The van der Waals surface area contributed by atoms with Crippen LogP contribution in [0, 0.1) is 0 Å². The van der Waals surface area contributed by atoms with E-state index in [0.29, 0.717) is 26.1 Å². The maximum atomic E-state index is 11.9. The molecule has 1 aliphatic rings. The molecule has 1 saturated heterocycles. The van der Waals surface area contributed by atoms with E-state index in [1.165, 1.54) is 6.92 Å². The zero-order valence-corrected chi connectivity index (χ0v) is 9.68. The Balaban J connectivity index is 2.66. The zero-order chi connectivity index (χ0) is 13.1. The Labute approximate surface area is 98.9 Å². The summed E-state index contributed by atoms with van der Waals surface area (Å²) >= 11 is 0. The molecule has 2 unspecified atom stereocenters. The minimum Gasteiger partial charge on any atom is -0.480 e. The fraction of sp³-hybridized carbons (Fsp3) is 0.800. The van der Waals surface area contributed by atoms with Crippen molar-refractivity contribution in [2.45, 2.75) is 37.5 Å². The Morgan fingerprint density at radius 1 is 1.41 bits per heavy atom. The van der Waals surface area contributed by atoms with Crippen LogP contribution in [0.25, 0.3) is 0 Å². The average Bonchev–Trinajstić information content (AvgIpc) is 2.25. The van der Waals surface area contributed by atoms with Gasteiger partial charge in [-0.05, 0) is 19.8 Å². The molecule has 0 aromatic carbocycles. The molecule has 0 aromatic rings. The second-order valence-corrected chi connectivity index (χ2v) is 4.30. The smallest absolute Gasteiger partial charge is 0.328 e. The number of nitrogens with two attached hydrogens (primary N) is 1. The van der Waals surface area contributed by atoms with Gasteiger partial charge in [0, 0.05) is 13.2 Å². The van der Waals surface area contributed by atoms with E-state index in [2.05, 4.69) is 5.32 Å². The minimum atomic E-state index is -1.34. The van der Waals surface area contributed by atoms with Crippen LogP contribution in [-0.4, -0.2) is 53.0 Å². The molecule has 17 heavy (non-hydrogen) atoms. The van der Waals surface area contributed by atoms with E-state index >= 15 is 0 Å². The number of amides is 1. The number of aliphatic carboxylic acids is 1. The first-order valence-electron chi connectivity index (χ1n) is 5.45. The van der Waals surface area contributed by atoms with Crippen LogP contribution < -0.4 is 11.1 Å². The summed E-state index contributed by atoms with van der Waals surface area (Å²) in [6.45, 7) is 2.04. The summed E-state index contributed by atoms with van der Waals surface area (Å²) in [7, 11) is 0. The topological polar surface area (TPSA) is 122 Å². The van der Waals surface area contributed by atoms with Gasteiger partial charge in [0.1, 0.15) is 0 Å². The molecular formula is C10H18N2O5. The normalized spacial score (nSPS) is 22.5. The summed E-state index contributed by atoms with van der Waals surface area (Å²) in [5.41, 5.74) is 4.77. The van der Waals surface area contributed by atoms with Gasteiger partial charge in [-0.25, -0.2) is 4.79 Å². The summed E-state index contributed by atoms with van der Waals surface area (Å²) in [4.78, 5) is 22.7. The molecule has 1 fully saturated rings. The van der Waals surface area contributed by atoms with Crippen molar-refractivity contribution < 1.29 is 24.5 Å². The number of hydrogen-bond donors (Lipinski definition) is 4. The molecule has 5 N–H and O–H groups in total. The van der Waals surface area contributed by atoms with Gasteiger partial charge in [0.2, 0.25) is 5.91 Å². The Bertz CT molecular complexity index is 299. The quantitative estimate of drug-likeness (QED) is 0.476. The van der Waals surface area contributed by atoms with E-state index < -0.39 is 29.6 Å². The third-order valence-corrected chi connectivity index (χ3v) is 2.87. The molecule has 2 atom stereocenters. The Kier molecular flexibility index (Phi) is 4.44. The fourth-order valence-corrected chi connectivity index (χ4v) is 1.64. The number of rotatable bonds is 4. The maximum Gasteiger partial charge on any atom is 0.328 e. The minimum absolute atomic E-state index is 0.338. The summed E-state index contributed by atoms with van der Waals surface area (Å²) in [6.07, 6.45) is -0.504. The predicted octanol–water partition coefficient (Wildman–Crippen LogP) is -1.56. The number of carboxylic acid groups (broad SMARTS) is 1. The van der Waals surface area contributed by atoms with Crippen LogP contribution in [-0.2, 0) is 14.3 Å². The second kappa shape index (κ2) is 5.44. The van der Waals surface area contributed by atoms with Crippen LogP contribution in [0.5, 0.6) is 0 Å². The molecule has 1 amide bonds. The van der Waals surface area contributed by atoms with Crippen LogP contribution in [0.2, 0.25) is 0 Å². The van der Waals surface area contributed by atoms with Crippen LogP contribution in [0.15, 0.2) is 0 Å². The lowest BCUT2D eigenvalue weighted by Gasteiger charge is -2.33. The number of hydrogen-bond acceptors (Lipinski definition) is 5. The Morgan fingerprint density at radius 3 is 2.35 bits per heavy atom. The van der Waals surface area contributed by atoms with E-state index in [-0.39, 0.29) is 0 Å². The van der Waals surface area contributed by atoms with Gasteiger partial charge in [0.15, 0.2) is 6.04 Å². The molecule has 0 saturated carbocycles. The van der Waals surface area contributed by atoms with E-state index in [1.54, 1.807) is 0 Å². The molecule has 7 nitrogen and oxygen atoms in total. The van der Waals surface area contributed by atoms with E-state index in [4.69, 9.17) is 15.6 Å². The standard InChI is InChI=1S/C10H18N2O5/c1-6(13)7(8(14)15)12-9(16)10(11)2-4-17-5-3-10/h6-7,13H,2-5,11H2,1H3,(H,12,16)(H,14,15). The number of carbonyl (C=O) groups is 2. The van der Waals surface area contributed by atoms with Crippen molar-refractivity contribution in [1.82, 2.24) is 5.32 Å². The van der Waals surface area contributed by atoms with Crippen molar-refractivity contribution in [1.29, 1.82) is 0 Å². The zero-order valence-electron chi connectivity index (χ0n) is 9.68. The van der Waals surface area contributed by atoms with Crippen LogP contribution in [0.4, 0.5) is 0 Å². The highest BCUT2D eigenvalue weighted by Gasteiger charge is 2.38. The van der Waals surface area contributed by atoms with Crippen LogP contribution in [0.1, 0.15) is 19.8 Å². The molecule has 7 heteroatoms. The molecule has 0 aromatic heterocycles. The largest absolute Gasteiger partial charge is 0.480 e. The molecule has 1 heterocycles. The first-order valence-corrected chi connectivity index (χ1v) is 5.45. The Hall–Kier alpha value is -1.18. The lowest BCUT2D eigenvalue weighted by molar-refractivity contribution is -0.146. The third kappa shape index (κ3) is 3.39. The number of carboxylic acids is 1. The number of carbonyl (C=O) groups excluding carboxylic acids is 1. The van der Waals surface area contributed by atoms with Crippen molar-refractivity contribution in [2.24, 2.45) is 5.73 Å². The summed E-state index contributed by atoms with van der Waals surface area (Å²) in [5.74, 6) is -1.85. The average molecular weight is 246 g/mol. The summed E-state index contributed by atoms with van der Waals surface area (Å²) in [6, 6.07) is -1.34. The van der Waals surface area contributed by atoms with E-state index in [1.807, 2.05) is 0 Å². The van der Waals surface area contributed by atoms with Gasteiger partial charge in [-0.1, -0.05) is 0 Å². The number of ether oxygens (including phenoxy) is 1. The molecule has 98 valence electrons. The van der Waals surface area contributed by atoms with Gasteiger partial charge < -0.3 is 26.0 Å². The number of aliphatic hydroxyl groups excluding tert-OH is 1. The molecule has 0 spiro atoms. The van der Waals surface area contributed by atoms with E-state index in [9.17, 15) is 14.7 Å². The van der Waals surface area contributed by atoms with Crippen LogP contribution in [0.3, 0.4) is 0 Å². The van der Waals surface area contributed by atoms with Crippen molar-refractivity contribution >= 4 is 11.9 Å². The van der Waals surface area contributed by atoms with Crippen molar-refractivity contribution in [2.75, 3.05) is 13.2 Å². The molecule has 1 aliphatic heterocycles. The van der Waals surface area contributed by atoms with Crippen molar-refractivity contribution in [3.05, 3.63) is 0 Å². The van der Waals surface area contributed by atoms with Crippen molar-refractivity contribution in [3.63, 3.8) is 0 Å². The third-order valence-electron chi connectivity index (χ3n) is 2.87. The van der Waals surface area contributed by atoms with Gasteiger partial charge >= 0.3 is 5.97 Å². The second-order valence-electron chi connectivity index (χ2n) is 4.30. The van der Waals surface area contributed by atoms with Gasteiger partial charge in [0.05, 0.1) is 11.6 Å². The molecule has 0 radical (unpaired) electrons. The van der Waals surface area contributed by atoms with Gasteiger partial charge in [-0.3, -0.25) is 4.79 Å². The molecule has 0 bridgehead atoms. The highest BCUT2D eigenvalue weighted by atomic mass is 16.5.